The third kappa shape index (κ3) is 6.10. The molecule has 3 nitrogen and oxygen atoms in total. The Morgan fingerprint density at radius 1 is 1.00 bits per heavy atom. The van der Waals surface area contributed by atoms with E-state index in [1.165, 1.54) is 51.4 Å². The average Bonchev–Trinajstić information content (AvgIpc) is 2.58. The van der Waals surface area contributed by atoms with E-state index in [-0.39, 0.29) is 12.0 Å². The van der Waals surface area contributed by atoms with E-state index in [1.807, 2.05) is 18.2 Å². The number of rotatable bonds is 10. The topological polar surface area (TPSA) is 43.7 Å². The lowest BCUT2D eigenvalue weighted by Gasteiger charge is -2.36. The van der Waals surface area contributed by atoms with Gasteiger partial charge in [0.1, 0.15) is 5.75 Å². The Labute approximate surface area is 147 Å². The fourth-order valence-corrected chi connectivity index (χ4v) is 3.83. The van der Waals surface area contributed by atoms with Gasteiger partial charge in [0.2, 0.25) is 0 Å². The van der Waals surface area contributed by atoms with Crippen LogP contribution in [0.2, 0.25) is 0 Å². The Balaban J connectivity index is 1.62. The minimum absolute atomic E-state index is 0.0704. The van der Waals surface area contributed by atoms with Crippen LogP contribution < -0.4 is 0 Å². The second-order valence-corrected chi connectivity index (χ2v) is 7.30. The molecule has 0 radical (unpaired) electrons. The minimum atomic E-state index is -0.374. The molecular weight excluding hydrogens is 298 g/mol. The minimum Gasteiger partial charge on any atom is -0.508 e. The van der Waals surface area contributed by atoms with Crippen molar-refractivity contribution < 1.29 is 10.2 Å². The number of hydrogen-bond acceptors (Lipinski definition) is 3. The van der Waals surface area contributed by atoms with Crippen molar-refractivity contribution in [2.75, 3.05) is 19.6 Å². The lowest BCUT2D eigenvalue weighted by atomic mass is 9.86. The van der Waals surface area contributed by atoms with Crippen molar-refractivity contribution >= 4 is 0 Å². The summed E-state index contributed by atoms with van der Waals surface area (Å²) in [6.07, 6.45) is 11.3. The molecule has 0 spiro atoms. The Morgan fingerprint density at radius 2 is 1.67 bits per heavy atom. The molecule has 2 N–H and O–H groups in total. The number of phenols is 1. The van der Waals surface area contributed by atoms with Crippen LogP contribution in [-0.2, 0) is 0 Å². The molecule has 0 bridgehead atoms. The second-order valence-electron chi connectivity index (χ2n) is 7.30. The van der Waals surface area contributed by atoms with Crippen LogP contribution in [0.5, 0.6) is 5.75 Å². The number of unbranched alkanes of at least 4 members (excludes halogenated alkanes) is 7. The number of aliphatic hydroxyl groups is 1. The Morgan fingerprint density at radius 3 is 2.33 bits per heavy atom. The van der Waals surface area contributed by atoms with E-state index in [2.05, 4.69) is 11.8 Å². The molecule has 136 valence electrons. The van der Waals surface area contributed by atoms with Gasteiger partial charge in [-0.1, -0.05) is 70.1 Å². The van der Waals surface area contributed by atoms with Gasteiger partial charge in [0.25, 0.3) is 0 Å². The van der Waals surface area contributed by atoms with E-state index in [0.717, 1.165) is 31.6 Å². The zero-order chi connectivity index (χ0) is 17.2. The lowest BCUT2D eigenvalue weighted by Crippen LogP contribution is -2.43. The maximum atomic E-state index is 10.5. The summed E-state index contributed by atoms with van der Waals surface area (Å²) in [5.74, 6) is 0.388. The lowest BCUT2D eigenvalue weighted by molar-refractivity contribution is 0.0497. The maximum absolute atomic E-state index is 10.5. The van der Waals surface area contributed by atoms with E-state index in [4.69, 9.17) is 0 Å². The van der Waals surface area contributed by atoms with Gasteiger partial charge in [0.05, 0.1) is 6.10 Å². The van der Waals surface area contributed by atoms with Crippen LogP contribution in [0.4, 0.5) is 0 Å². The van der Waals surface area contributed by atoms with Crippen molar-refractivity contribution in [1.29, 1.82) is 0 Å². The molecule has 0 amide bonds. The summed E-state index contributed by atoms with van der Waals surface area (Å²) in [6.45, 7) is 5.11. The number of benzene rings is 1. The van der Waals surface area contributed by atoms with Crippen LogP contribution in [0, 0.1) is 0 Å². The molecule has 2 rings (SSSR count). The first-order chi connectivity index (χ1) is 11.7. The van der Waals surface area contributed by atoms with E-state index in [1.54, 1.807) is 6.07 Å². The number of β-amino-alcohol motifs (C(OH)–C–C–N with tert-alkyl or cyclic N) is 1. The Bertz CT molecular complexity index is 463. The summed E-state index contributed by atoms with van der Waals surface area (Å²) in [5.41, 5.74) is 0.900. The summed E-state index contributed by atoms with van der Waals surface area (Å²) >= 11 is 0. The van der Waals surface area contributed by atoms with Crippen LogP contribution in [0.25, 0.3) is 0 Å². The van der Waals surface area contributed by atoms with Crippen molar-refractivity contribution in [2.24, 2.45) is 0 Å². The van der Waals surface area contributed by atoms with Crippen LogP contribution in [-0.4, -0.2) is 40.9 Å². The molecular formula is C21H35NO2. The summed E-state index contributed by atoms with van der Waals surface area (Å²) in [6, 6.07) is 7.43. The molecule has 0 aromatic heterocycles. The molecule has 24 heavy (non-hydrogen) atoms. The summed E-state index contributed by atoms with van der Waals surface area (Å²) in [5, 5.41) is 20.5. The molecule has 1 aromatic carbocycles. The van der Waals surface area contributed by atoms with Gasteiger partial charge in [-0.2, -0.15) is 0 Å². The first kappa shape index (κ1) is 19.3. The van der Waals surface area contributed by atoms with Crippen LogP contribution in [0.15, 0.2) is 24.3 Å². The molecule has 2 atom stereocenters. The number of likely N-dealkylation sites (tertiary alicyclic amines) is 1. The highest BCUT2D eigenvalue weighted by Crippen LogP contribution is 2.33. The molecule has 1 aliphatic heterocycles. The molecule has 3 heteroatoms. The van der Waals surface area contributed by atoms with Gasteiger partial charge in [-0.3, -0.25) is 0 Å². The molecule has 0 aliphatic carbocycles. The first-order valence-corrected chi connectivity index (χ1v) is 9.90. The SMILES string of the molecule is CCCCCCCCCCN1CCC(c2ccccc2O)C(O)C1. The zero-order valence-electron chi connectivity index (χ0n) is 15.3. The van der Waals surface area contributed by atoms with E-state index >= 15 is 0 Å². The number of phenolic OH excluding ortho intramolecular Hbond substituents is 1. The average molecular weight is 334 g/mol. The molecule has 1 heterocycles. The highest BCUT2D eigenvalue weighted by molar-refractivity contribution is 5.36. The quantitative estimate of drug-likeness (QED) is 0.611. The van der Waals surface area contributed by atoms with Gasteiger partial charge >= 0.3 is 0 Å². The number of para-hydroxylation sites is 1. The maximum Gasteiger partial charge on any atom is 0.119 e. The van der Waals surface area contributed by atoms with Crippen LogP contribution in [0.1, 0.15) is 76.2 Å². The van der Waals surface area contributed by atoms with E-state index in [0.29, 0.717) is 5.75 Å². The van der Waals surface area contributed by atoms with Crippen molar-refractivity contribution in [1.82, 2.24) is 4.90 Å². The van der Waals surface area contributed by atoms with Gasteiger partial charge in [-0.25, -0.2) is 0 Å². The monoisotopic (exact) mass is 333 g/mol. The number of hydrogen-bond donors (Lipinski definition) is 2. The number of aliphatic hydroxyl groups excluding tert-OH is 1. The van der Waals surface area contributed by atoms with E-state index < -0.39 is 0 Å². The van der Waals surface area contributed by atoms with Crippen molar-refractivity contribution in [3.63, 3.8) is 0 Å². The van der Waals surface area contributed by atoms with Gasteiger partial charge in [0.15, 0.2) is 0 Å². The number of aromatic hydroxyl groups is 1. The van der Waals surface area contributed by atoms with Crippen molar-refractivity contribution in [3.05, 3.63) is 29.8 Å². The normalized spacial score (nSPS) is 21.9. The third-order valence-electron chi connectivity index (χ3n) is 5.33. The number of piperidine rings is 1. The number of nitrogens with zero attached hydrogens (tertiary/aromatic N) is 1. The highest BCUT2D eigenvalue weighted by atomic mass is 16.3. The third-order valence-corrected chi connectivity index (χ3v) is 5.33. The Hall–Kier alpha value is -1.06. The fraction of sp³-hybridized carbons (Fsp3) is 0.714. The largest absolute Gasteiger partial charge is 0.508 e. The predicted molar refractivity (Wildman–Crippen MR) is 101 cm³/mol. The van der Waals surface area contributed by atoms with Crippen LogP contribution in [0.3, 0.4) is 0 Å². The smallest absolute Gasteiger partial charge is 0.119 e. The van der Waals surface area contributed by atoms with Gasteiger partial charge in [-0.05, 0) is 37.6 Å². The molecule has 1 aliphatic rings. The van der Waals surface area contributed by atoms with Crippen LogP contribution >= 0.6 is 0 Å². The summed E-state index contributed by atoms with van der Waals surface area (Å²) in [7, 11) is 0. The molecule has 0 saturated carbocycles. The van der Waals surface area contributed by atoms with Crippen molar-refractivity contribution in [2.45, 2.75) is 76.7 Å². The molecule has 2 unspecified atom stereocenters. The Kier molecular flexibility index (Phi) is 8.62. The van der Waals surface area contributed by atoms with Crippen molar-refractivity contribution in [3.8, 4) is 5.75 Å². The zero-order valence-corrected chi connectivity index (χ0v) is 15.3. The van der Waals surface area contributed by atoms with E-state index in [9.17, 15) is 10.2 Å². The van der Waals surface area contributed by atoms with Gasteiger partial charge in [0, 0.05) is 12.5 Å². The summed E-state index contributed by atoms with van der Waals surface area (Å²) < 4.78 is 0. The molecule has 1 fully saturated rings. The summed E-state index contributed by atoms with van der Waals surface area (Å²) in [4.78, 5) is 2.39. The standard InChI is InChI=1S/C21H35NO2/c1-2-3-4-5-6-7-8-11-15-22-16-14-19(21(24)17-22)18-12-9-10-13-20(18)23/h9-10,12-13,19,21,23-24H,2-8,11,14-17H2,1H3. The first-order valence-electron chi connectivity index (χ1n) is 9.90. The molecule has 1 aromatic rings. The van der Waals surface area contributed by atoms with Gasteiger partial charge in [-0.15, -0.1) is 0 Å². The molecule has 1 saturated heterocycles. The van der Waals surface area contributed by atoms with Gasteiger partial charge < -0.3 is 15.1 Å². The second kappa shape index (κ2) is 10.7. The fourth-order valence-electron chi connectivity index (χ4n) is 3.83. The highest BCUT2D eigenvalue weighted by Gasteiger charge is 2.29. The predicted octanol–water partition coefficient (Wildman–Crippen LogP) is 4.68.